The predicted molar refractivity (Wildman–Crippen MR) is 141 cm³/mol. The van der Waals surface area contributed by atoms with Crippen LogP contribution in [0.25, 0.3) is 11.1 Å². The molecule has 0 unspecified atom stereocenters. The molecule has 3 nitrogen and oxygen atoms in total. The third-order valence-electron chi connectivity index (χ3n) is 7.57. The van der Waals surface area contributed by atoms with Gasteiger partial charge in [-0.15, -0.1) is 0 Å². The molecule has 1 amide bonds. The van der Waals surface area contributed by atoms with E-state index < -0.39 is 0 Å². The Bertz CT molecular complexity index is 1260. The minimum Gasteiger partial charge on any atom is -0.329 e. The van der Waals surface area contributed by atoms with E-state index in [4.69, 9.17) is 0 Å². The van der Waals surface area contributed by atoms with Crippen molar-refractivity contribution < 1.29 is 4.79 Å². The molecule has 0 aromatic heterocycles. The van der Waals surface area contributed by atoms with Crippen molar-refractivity contribution in [3.05, 3.63) is 131 Å². The average molecular weight is 459 g/mol. The van der Waals surface area contributed by atoms with Gasteiger partial charge in [-0.05, 0) is 40.8 Å². The number of carbonyl (C=O) groups is 1. The summed E-state index contributed by atoms with van der Waals surface area (Å²) in [4.78, 5) is 18.1. The molecule has 6 rings (SSSR count). The minimum atomic E-state index is 0.190. The van der Waals surface area contributed by atoms with Crippen molar-refractivity contribution in [1.29, 1.82) is 0 Å². The monoisotopic (exact) mass is 458 g/mol. The van der Waals surface area contributed by atoms with Crippen LogP contribution in [0.5, 0.6) is 0 Å². The molecule has 0 aliphatic carbocycles. The first-order valence-corrected chi connectivity index (χ1v) is 12.6. The second-order valence-electron chi connectivity index (χ2n) is 9.71. The molecule has 35 heavy (non-hydrogen) atoms. The van der Waals surface area contributed by atoms with Gasteiger partial charge in [-0.25, -0.2) is 0 Å². The molecule has 2 heterocycles. The van der Waals surface area contributed by atoms with E-state index in [-0.39, 0.29) is 5.91 Å². The highest BCUT2D eigenvalue weighted by Gasteiger charge is 2.40. The molecule has 4 aromatic carbocycles. The van der Waals surface area contributed by atoms with E-state index in [0.29, 0.717) is 12.0 Å². The van der Waals surface area contributed by atoms with Crippen molar-refractivity contribution in [2.24, 2.45) is 0 Å². The van der Waals surface area contributed by atoms with E-state index in [9.17, 15) is 4.79 Å². The maximum atomic E-state index is 13.5. The molecule has 1 saturated heterocycles. The highest BCUT2D eigenvalue weighted by molar-refractivity contribution is 6.04. The van der Waals surface area contributed by atoms with Crippen LogP contribution in [-0.4, -0.2) is 41.4 Å². The van der Waals surface area contributed by atoms with Crippen LogP contribution in [0.2, 0.25) is 0 Å². The fourth-order valence-corrected chi connectivity index (χ4v) is 5.67. The Morgan fingerprint density at radius 3 is 1.94 bits per heavy atom. The van der Waals surface area contributed by atoms with Crippen LogP contribution >= 0.6 is 0 Å². The number of hydrogen-bond acceptors (Lipinski definition) is 2. The van der Waals surface area contributed by atoms with E-state index in [1.54, 1.807) is 0 Å². The average Bonchev–Trinajstić information content (AvgIpc) is 3.23. The van der Waals surface area contributed by atoms with Crippen LogP contribution in [0.1, 0.15) is 39.4 Å². The molecule has 4 aromatic rings. The highest BCUT2D eigenvalue weighted by atomic mass is 16.2. The number of nitrogens with zero attached hydrogens (tertiary/aromatic N) is 2. The van der Waals surface area contributed by atoms with Crippen LogP contribution in [0.4, 0.5) is 0 Å². The van der Waals surface area contributed by atoms with Gasteiger partial charge < -0.3 is 4.90 Å². The predicted octanol–water partition coefficient (Wildman–Crippen LogP) is 6.22. The molecule has 0 saturated carbocycles. The van der Waals surface area contributed by atoms with E-state index in [1.807, 2.05) is 18.2 Å². The van der Waals surface area contributed by atoms with Crippen LogP contribution < -0.4 is 0 Å². The normalized spacial score (nSPS) is 15.9. The fourth-order valence-electron chi connectivity index (χ4n) is 5.67. The SMILES string of the molecule is O=C1c2c(cccc2-c2ccccc2)CN1C1CN(CCC(c2ccccc2)c2ccccc2)C1. The lowest BCUT2D eigenvalue weighted by atomic mass is 9.88. The van der Waals surface area contributed by atoms with Crippen LogP contribution in [0.3, 0.4) is 0 Å². The molecule has 3 heteroatoms. The quantitative estimate of drug-likeness (QED) is 0.328. The Kier molecular flexibility index (Phi) is 5.93. The van der Waals surface area contributed by atoms with E-state index in [0.717, 1.165) is 54.9 Å². The lowest BCUT2D eigenvalue weighted by Crippen LogP contribution is -2.59. The van der Waals surface area contributed by atoms with Gasteiger partial charge in [0, 0.05) is 25.6 Å². The maximum Gasteiger partial charge on any atom is 0.255 e. The highest BCUT2D eigenvalue weighted by Crippen LogP contribution is 2.35. The molecule has 0 N–H and O–H groups in total. The van der Waals surface area contributed by atoms with Gasteiger partial charge >= 0.3 is 0 Å². The summed E-state index contributed by atoms with van der Waals surface area (Å²) in [7, 11) is 0. The first-order chi connectivity index (χ1) is 17.3. The van der Waals surface area contributed by atoms with E-state index >= 15 is 0 Å². The Labute approximate surface area is 207 Å². The molecule has 2 aliphatic rings. The minimum absolute atomic E-state index is 0.190. The summed E-state index contributed by atoms with van der Waals surface area (Å²) in [5, 5.41) is 0. The Morgan fingerprint density at radius 2 is 1.31 bits per heavy atom. The van der Waals surface area contributed by atoms with Crippen LogP contribution in [0.15, 0.2) is 109 Å². The van der Waals surface area contributed by atoms with Gasteiger partial charge in [-0.3, -0.25) is 9.69 Å². The van der Waals surface area contributed by atoms with Gasteiger partial charge in [0.15, 0.2) is 0 Å². The van der Waals surface area contributed by atoms with Crippen molar-refractivity contribution >= 4 is 5.91 Å². The first-order valence-electron chi connectivity index (χ1n) is 12.6. The zero-order chi connectivity index (χ0) is 23.6. The van der Waals surface area contributed by atoms with Gasteiger partial charge in [0.05, 0.1) is 11.6 Å². The molecule has 0 radical (unpaired) electrons. The number of fused-ring (bicyclic) bond motifs is 1. The van der Waals surface area contributed by atoms with Gasteiger partial charge in [0.2, 0.25) is 0 Å². The Hall–Kier alpha value is -3.69. The van der Waals surface area contributed by atoms with Crippen molar-refractivity contribution in [2.75, 3.05) is 19.6 Å². The van der Waals surface area contributed by atoms with E-state index in [1.165, 1.54) is 11.1 Å². The van der Waals surface area contributed by atoms with E-state index in [2.05, 4.69) is 101 Å². The third-order valence-corrected chi connectivity index (χ3v) is 7.57. The van der Waals surface area contributed by atoms with Crippen molar-refractivity contribution in [1.82, 2.24) is 9.80 Å². The lowest BCUT2D eigenvalue weighted by Gasteiger charge is -2.44. The molecular weight excluding hydrogens is 428 g/mol. The largest absolute Gasteiger partial charge is 0.329 e. The van der Waals surface area contributed by atoms with Crippen molar-refractivity contribution in [2.45, 2.75) is 24.9 Å². The number of likely N-dealkylation sites (tertiary alicyclic amines) is 1. The summed E-state index contributed by atoms with van der Waals surface area (Å²) < 4.78 is 0. The molecule has 174 valence electrons. The smallest absolute Gasteiger partial charge is 0.255 e. The van der Waals surface area contributed by atoms with Gasteiger partial charge in [-0.1, -0.05) is 109 Å². The second kappa shape index (κ2) is 9.52. The molecule has 1 fully saturated rings. The lowest BCUT2D eigenvalue weighted by molar-refractivity contribution is 0.0279. The summed E-state index contributed by atoms with van der Waals surface area (Å²) in [6, 6.07) is 38.5. The summed E-state index contributed by atoms with van der Waals surface area (Å²) in [6.07, 6.45) is 1.08. The summed E-state index contributed by atoms with van der Waals surface area (Å²) in [5.74, 6) is 0.582. The molecule has 0 spiro atoms. The molecular formula is C32H30N2O. The number of hydrogen-bond donors (Lipinski definition) is 0. The summed E-state index contributed by atoms with van der Waals surface area (Å²) >= 11 is 0. The first kappa shape index (κ1) is 21.8. The van der Waals surface area contributed by atoms with Crippen molar-refractivity contribution in [3.8, 4) is 11.1 Å². The number of benzene rings is 4. The summed E-state index contributed by atoms with van der Waals surface area (Å²) in [5.41, 5.74) is 6.96. The Balaban J connectivity index is 1.11. The summed E-state index contributed by atoms with van der Waals surface area (Å²) in [6.45, 7) is 3.67. The van der Waals surface area contributed by atoms with Gasteiger partial charge in [0.25, 0.3) is 5.91 Å². The molecule has 0 atom stereocenters. The third kappa shape index (κ3) is 4.28. The zero-order valence-corrected chi connectivity index (χ0v) is 19.9. The van der Waals surface area contributed by atoms with Gasteiger partial charge in [-0.2, -0.15) is 0 Å². The number of carbonyl (C=O) groups excluding carboxylic acids is 1. The van der Waals surface area contributed by atoms with Crippen LogP contribution in [0, 0.1) is 0 Å². The topological polar surface area (TPSA) is 23.6 Å². The maximum absolute atomic E-state index is 13.5. The standard InChI is InChI=1S/C32H30N2O/c35-32-31-27(17-10-18-30(31)26-15-8-3-9-16-26)21-34(32)28-22-33(23-28)20-19-29(24-11-4-1-5-12-24)25-13-6-2-7-14-25/h1-18,28-29H,19-23H2. The van der Waals surface area contributed by atoms with Gasteiger partial charge in [0.1, 0.15) is 0 Å². The zero-order valence-electron chi connectivity index (χ0n) is 19.9. The van der Waals surface area contributed by atoms with Crippen LogP contribution in [-0.2, 0) is 6.54 Å². The second-order valence-corrected chi connectivity index (χ2v) is 9.71. The fraction of sp³-hybridized carbons (Fsp3) is 0.219. The molecule has 0 bridgehead atoms. The van der Waals surface area contributed by atoms with Crippen molar-refractivity contribution in [3.63, 3.8) is 0 Å². The Morgan fingerprint density at radius 1 is 0.714 bits per heavy atom. The number of amides is 1. The molecule has 2 aliphatic heterocycles. The number of rotatable bonds is 7.